The number of rotatable bonds is 6. The predicted octanol–water partition coefficient (Wildman–Crippen LogP) is 3.36. The third-order valence-corrected chi connectivity index (χ3v) is 5.46. The zero-order valence-electron chi connectivity index (χ0n) is 15.9. The molecule has 2 N–H and O–H groups in total. The third kappa shape index (κ3) is 4.77. The van der Waals surface area contributed by atoms with Gasteiger partial charge in [0.05, 0.1) is 5.92 Å². The minimum atomic E-state index is -0.403. The summed E-state index contributed by atoms with van der Waals surface area (Å²) in [5, 5.41) is 6.36. The number of hydrogen-bond donors (Lipinski definition) is 2. The first-order valence-corrected chi connectivity index (χ1v) is 10.1. The molecule has 7 heteroatoms. The van der Waals surface area contributed by atoms with E-state index < -0.39 is 5.92 Å². The summed E-state index contributed by atoms with van der Waals surface area (Å²) in [5.74, 6) is -0.454. The second kappa shape index (κ2) is 8.25. The highest BCUT2D eigenvalue weighted by Crippen LogP contribution is 2.30. The van der Waals surface area contributed by atoms with E-state index in [0.29, 0.717) is 23.8 Å². The molecule has 1 unspecified atom stereocenters. The van der Waals surface area contributed by atoms with Gasteiger partial charge in [0.25, 0.3) is 0 Å². The summed E-state index contributed by atoms with van der Waals surface area (Å²) < 4.78 is 0. The average Bonchev–Trinajstić information content (AvgIpc) is 3.48. The summed E-state index contributed by atoms with van der Waals surface area (Å²) in [6, 6.07) is 14.5. The molecule has 4 rings (SSSR count). The monoisotopic (exact) mass is 411 g/mol. The van der Waals surface area contributed by atoms with Gasteiger partial charge in [0.15, 0.2) is 0 Å². The molecule has 1 heterocycles. The molecular weight excluding hydrogens is 390 g/mol. The number of nitrogens with zero attached hydrogens (tertiary/aromatic N) is 1. The van der Waals surface area contributed by atoms with Crippen LogP contribution >= 0.6 is 11.6 Å². The summed E-state index contributed by atoms with van der Waals surface area (Å²) in [6.45, 7) is 0.677. The van der Waals surface area contributed by atoms with Crippen LogP contribution in [0.4, 0.5) is 11.4 Å². The fourth-order valence-electron chi connectivity index (χ4n) is 3.46. The smallest absolute Gasteiger partial charge is 0.227 e. The van der Waals surface area contributed by atoms with Crippen molar-refractivity contribution in [1.29, 1.82) is 0 Å². The highest BCUT2D eigenvalue weighted by atomic mass is 35.5. The molecule has 2 aliphatic rings. The normalized spacial score (nSPS) is 18.6. The SMILES string of the molecule is O=C(NCc1cccc(NC(=O)C2CC2)c1)C1CC(=O)N(c2cccc(Cl)c2)C1. The third-order valence-electron chi connectivity index (χ3n) is 5.23. The Morgan fingerprint density at radius 3 is 2.59 bits per heavy atom. The van der Waals surface area contributed by atoms with Crippen molar-refractivity contribution in [2.45, 2.75) is 25.8 Å². The predicted molar refractivity (Wildman–Crippen MR) is 112 cm³/mol. The molecule has 1 saturated heterocycles. The van der Waals surface area contributed by atoms with Crippen LogP contribution in [0.3, 0.4) is 0 Å². The van der Waals surface area contributed by atoms with Crippen molar-refractivity contribution < 1.29 is 14.4 Å². The summed E-state index contributed by atoms with van der Waals surface area (Å²) in [6.07, 6.45) is 2.08. The Bertz CT molecular complexity index is 958. The van der Waals surface area contributed by atoms with E-state index in [4.69, 9.17) is 11.6 Å². The molecule has 2 aromatic rings. The van der Waals surface area contributed by atoms with Gasteiger partial charge in [0, 0.05) is 41.8 Å². The van der Waals surface area contributed by atoms with E-state index in [1.54, 1.807) is 23.1 Å². The second-order valence-corrected chi connectivity index (χ2v) is 8.00. The Morgan fingerprint density at radius 2 is 1.83 bits per heavy atom. The number of carbonyl (C=O) groups excluding carboxylic acids is 3. The van der Waals surface area contributed by atoms with Crippen LogP contribution in [0.1, 0.15) is 24.8 Å². The van der Waals surface area contributed by atoms with Crippen molar-refractivity contribution in [3.05, 3.63) is 59.1 Å². The topological polar surface area (TPSA) is 78.5 Å². The Balaban J connectivity index is 1.33. The molecule has 2 fully saturated rings. The van der Waals surface area contributed by atoms with Crippen LogP contribution in [-0.2, 0) is 20.9 Å². The van der Waals surface area contributed by atoms with Crippen molar-refractivity contribution >= 4 is 40.7 Å². The first-order valence-electron chi connectivity index (χ1n) is 9.73. The van der Waals surface area contributed by atoms with Gasteiger partial charge in [-0.3, -0.25) is 14.4 Å². The maximum Gasteiger partial charge on any atom is 0.227 e. The lowest BCUT2D eigenvalue weighted by Gasteiger charge is -2.17. The van der Waals surface area contributed by atoms with Gasteiger partial charge in [-0.25, -0.2) is 0 Å². The van der Waals surface area contributed by atoms with Crippen molar-refractivity contribution in [3.63, 3.8) is 0 Å². The van der Waals surface area contributed by atoms with Crippen LogP contribution < -0.4 is 15.5 Å². The van der Waals surface area contributed by atoms with E-state index in [2.05, 4.69) is 10.6 Å². The van der Waals surface area contributed by atoms with Gasteiger partial charge in [-0.2, -0.15) is 0 Å². The fraction of sp³-hybridized carbons (Fsp3) is 0.318. The van der Waals surface area contributed by atoms with Crippen LogP contribution in [0.25, 0.3) is 0 Å². The summed E-state index contributed by atoms with van der Waals surface area (Å²) >= 11 is 6.01. The molecule has 6 nitrogen and oxygen atoms in total. The highest BCUT2D eigenvalue weighted by molar-refractivity contribution is 6.31. The Hall–Kier alpha value is -2.86. The molecule has 0 aromatic heterocycles. The van der Waals surface area contributed by atoms with Crippen molar-refractivity contribution in [1.82, 2.24) is 5.32 Å². The van der Waals surface area contributed by atoms with Crippen molar-refractivity contribution in [3.8, 4) is 0 Å². The first kappa shape index (κ1) is 19.5. The zero-order valence-corrected chi connectivity index (χ0v) is 16.6. The Labute approximate surface area is 174 Å². The van der Waals surface area contributed by atoms with E-state index >= 15 is 0 Å². The Morgan fingerprint density at radius 1 is 1.03 bits per heavy atom. The van der Waals surface area contributed by atoms with Gasteiger partial charge in [0.2, 0.25) is 17.7 Å². The van der Waals surface area contributed by atoms with Crippen LogP contribution in [-0.4, -0.2) is 24.3 Å². The Kier molecular flexibility index (Phi) is 5.53. The molecule has 150 valence electrons. The van der Waals surface area contributed by atoms with E-state index in [-0.39, 0.29) is 30.1 Å². The van der Waals surface area contributed by atoms with E-state index in [0.717, 1.165) is 24.1 Å². The summed E-state index contributed by atoms with van der Waals surface area (Å²) in [7, 11) is 0. The van der Waals surface area contributed by atoms with Gasteiger partial charge in [0.1, 0.15) is 0 Å². The van der Waals surface area contributed by atoms with Gasteiger partial charge >= 0.3 is 0 Å². The number of hydrogen-bond acceptors (Lipinski definition) is 3. The standard InChI is InChI=1S/C22H22ClN3O3/c23-17-4-2-6-19(11-17)26-13-16(10-20(26)27)21(28)24-12-14-3-1-5-18(9-14)25-22(29)15-7-8-15/h1-6,9,11,15-16H,7-8,10,12-13H2,(H,24,28)(H,25,29). The van der Waals surface area contributed by atoms with E-state index in [9.17, 15) is 14.4 Å². The summed E-state index contributed by atoms with van der Waals surface area (Å²) in [4.78, 5) is 38.4. The zero-order chi connectivity index (χ0) is 20.4. The highest BCUT2D eigenvalue weighted by Gasteiger charge is 2.35. The van der Waals surface area contributed by atoms with Crippen molar-refractivity contribution in [2.24, 2.45) is 11.8 Å². The lowest BCUT2D eigenvalue weighted by atomic mass is 10.1. The largest absolute Gasteiger partial charge is 0.352 e. The average molecular weight is 412 g/mol. The van der Waals surface area contributed by atoms with Gasteiger partial charge in [-0.1, -0.05) is 29.8 Å². The molecule has 0 bridgehead atoms. The van der Waals surface area contributed by atoms with Crippen LogP contribution in [0, 0.1) is 11.8 Å². The number of benzene rings is 2. The maximum atomic E-state index is 12.6. The fourth-order valence-corrected chi connectivity index (χ4v) is 3.64. The number of amides is 3. The second-order valence-electron chi connectivity index (χ2n) is 7.57. The lowest BCUT2D eigenvalue weighted by Crippen LogP contribution is -2.32. The number of nitrogens with one attached hydrogen (secondary N) is 2. The molecule has 1 saturated carbocycles. The molecule has 29 heavy (non-hydrogen) atoms. The minimum Gasteiger partial charge on any atom is -0.352 e. The van der Waals surface area contributed by atoms with E-state index in [1.807, 2.05) is 30.3 Å². The molecule has 2 aromatic carbocycles. The maximum absolute atomic E-state index is 12.6. The number of halogens is 1. The molecule has 3 amide bonds. The summed E-state index contributed by atoms with van der Waals surface area (Å²) in [5.41, 5.74) is 2.33. The number of anilines is 2. The van der Waals surface area contributed by atoms with Gasteiger partial charge < -0.3 is 15.5 Å². The quantitative estimate of drug-likeness (QED) is 0.765. The van der Waals surface area contributed by atoms with Crippen LogP contribution in [0.15, 0.2) is 48.5 Å². The van der Waals surface area contributed by atoms with E-state index in [1.165, 1.54) is 0 Å². The molecule has 0 spiro atoms. The first-order chi connectivity index (χ1) is 14.0. The van der Waals surface area contributed by atoms with Crippen molar-refractivity contribution in [2.75, 3.05) is 16.8 Å². The van der Waals surface area contributed by atoms with Gasteiger partial charge in [-0.05, 0) is 48.7 Å². The molecule has 1 atom stereocenters. The van der Waals surface area contributed by atoms with Crippen LogP contribution in [0.5, 0.6) is 0 Å². The minimum absolute atomic E-state index is 0.0526. The van der Waals surface area contributed by atoms with Gasteiger partial charge in [-0.15, -0.1) is 0 Å². The lowest BCUT2D eigenvalue weighted by molar-refractivity contribution is -0.126. The molecule has 1 aliphatic heterocycles. The molecule has 1 aliphatic carbocycles. The number of carbonyl (C=O) groups is 3. The molecule has 0 radical (unpaired) electrons. The van der Waals surface area contributed by atoms with Crippen LogP contribution in [0.2, 0.25) is 5.02 Å². The molecular formula is C22H22ClN3O3.